The van der Waals surface area contributed by atoms with E-state index in [1.54, 1.807) is 23.9 Å². The highest BCUT2D eigenvalue weighted by Gasteiger charge is 2.32. The van der Waals surface area contributed by atoms with Crippen molar-refractivity contribution < 1.29 is 19.1 Å². The SMILES string of the molecule is Cn1c(SCCCN2C(=O)c3cccc4cccc(c34)C2=O)nnc1-c1ccc2c(c1)OCO2. The van der Waals surface area contributed by atoms with E-state index < -0.39 is 0 Å². The number of fused-ring (bicyclic) bond motifs is 1. The number of rotatable bonds is 6. The number of hydrogen-bond acceptors (Lipinski definition) is 7. The lowest BCUT2D eigenvalue weighted by atomic mass is 9.94. The molecule has 0 spiro atoms. The highest BCUT2D eigenvalue weighted by molar-refractivity contribution is 7.99. The number of amides is 2. The Morgan fingerprint density at radius 3 is 2.44 bits per heavy atom. The van der Waals surface area contributed by atoms with E-state index in [2.05, 4.69) is 10.2 Å². The summed E-state index contributed by atoms with van der Waals surface area (Å²) < 4.78 is 12.8. The average Bonchev–Trinajstić information content (AvgIpc) is 3.47. The van der Waals surface area contributed by atoms with Gasteiger partial charge in [-0.1, -0.05) is 36.0 Å². The third-order valence-corrected chi connectivity index (χ3v) is 7.19. The fraction of sp³-hybridized carbons (Fsp3) is 0.200. The van der Waals surface area contributed by atoms with Gasteiger partial charge in [0.15, 0.2) is 22.5 Å². The van der Waals surface area contributed by atoms with Crippen LogP contribution in [0.5, 0.6) is 11.5 Å². The van der Waals surface area contributed by atoms with Crippen LogP contribution in [-0.2, 0) is 7.05 Å². The van der Waals surface area contributed by atoms with Crippen LogP contribution in [0.1, 0.15) is 27.1 Å². The normalized spacial score (nSPS) is 14.3. The molecule has 1 aromatic heterocycles. The van der Waals surface area contributed by atoms with Gasteiger partial charge < -0.3 is 14.0 Å². The maximum Gasteiger partial charge on any atom is 0.261 e. The number of ether oxygens (including phenoxy) is 2. The van der Waals surface area contributed by atoms with Gasteiger partial charge in [-0.2, -0.15) is 0 Å². The minimum Gasteiger partial charge on any atom is -0.454 e. The Morgan fingerprint density at radius 1 is 0.941 bits per heavy atom. The molecule has 6 rings (SSSR count). The summed E-state index contributed by atoms with van der Waals surface area (Å²) in [7, 11) is 1.91. The number of thioether (sulfide) groups is 1. The zero-order valence-electron chi connectivity index (χ0n) is 18.4. The second kappa shape index (κ2) is 8.18. The van der Waals surface area contributed by atoms with Crippen LogP contribution in [0.4, 0.5) is 0 Å². The Morgan fingerprint density at radius 2 is 1.68 bits per heavy atom. The largest absolute Gasteiger partial charge is 0.454 e. The van der Waals surface area contributed by atoms with E-state index in [0.717, 1.165) is 33.1 Å². The summed E-state index contributed by atoms with van der Waals surface area (Å²) in [6, 6.07) is 16.8. The Labute approximate surface area is 199 Å². The van der Waals surface area contributed by atoms with Crippen LogP contribution in [0.25, 0.3) is 22.2 Å². The monoisotopic (exact) mass is 472 g/mol. The van der Waals surface area contributed by atoms with Crippen molar-refractivity contribution >= 4 is 34.3 Å². The van der Waals surface area contributed by atoms with E-state index in [1.807, 2.05) is 54.1 Å². The summed E-state index contributed by atoms with van der Waals surface area (Å²) in [6.07, 6.45) is 0.645. The maximum absolute atomic E-state index is 13.0. The Kier molecular flexibility index (Phi) is 4.99. The van der Waals surface area contributed by atoms with Crippen LogP contribution in [0.3, 0.4) is 0 Å². The Balaban J connectivity index is 1.13. The van der Waals surface area contributed by atoms with Gasteiger partial charge in [-0.25, -0.2) is 0 Å². The van der Waals surface area contributed by atoms with Crippen molar-refractivity contribution in [1.82, 2.24) is 19.7 Å². The quantitative estimate of drug-likeness (QED) is 0.237. The van der Waals surface area contributed by atoms with E-state index in [9.17, 15) is 9.59 Å². The Hall–Kier alpha value is -3.85. The third-order valence-electron chi connectivity index (χ3n) is 6.08. The molecule has 0 aliphatic carbocycles. The minimum absolute atomic E-state index is 0.224. The minimum atomic E-state index is -0.233. The summed E-state index contributed by atoms with van der Waals surface area (Å²) in [4.78, 5) is 27.4. The lowest BCUT2D eigenvalue weighted by Crippen LogP contribution is -2.41. The van der Waals surface area contributed by atoms with Crippen molar-refractivity contribution in [3.63, 3.8) is 0 Å². The average molecular weight is 473 g/mol. The van der Waals surface area contributed by atoms with Gasteiger partial charge in [-0.15, -0.1) is 10.2 Å². The van der Waals surface area contributed by atoms with Crippen molar-refractivity contribution in [3.8, 4) is 22.9 Å². The zero-order chi connectivity index (χ0) is 23.2. The van der Waals surface area contributed by atoms with Crippen molar-refractivity contribution in [3.05, 3.63) is 65.7 Å². The summed E-state index contributed by atoms with van der Waals surface area (Å²) in [5, 5.41) is 11.1. The number of nitrogens with zero attached hydrogens (tertiary/aromatic N) is 4. The molecule has 0 atom stereocenters. The number of hydrogen-bond donors (Lipinski definition) is 0. The third kappa shape index (κ3) is 3.31. The van der Waals surface area contributed by atoms with Crippen molar-refractivity contribution in [1.29, 1.82) is 0 Å². The molecule has 3 heterocycles. The summed E-state index contributed by atoms with van der Waals surface area (Å²) >= 11 is 1.54. The first-order chi connectivity index (χ1) is 16.6. The van der Waals surface area contributed by atoms with Crippen molar-refractivity contribution in [2.45, 2.75) is 11.6 Å². The predicted octanol–water partition coefficient (Wildman–Crippen LogP) is 4.14. The first-order valence-electron chi connectivity index (χ1n) is 10.9. The number of benzene rings is 3. The van der Waals surface area contributed by atoms with Gasteiger partial charge in [0, 0.05) is 41.4 Å². The van der Waals surface area contributed by atoms with Gasteiger partial charge in [0.1, 0.15) is 0 Å². The van der Waals surface area contributed by atoms with E-state index in [-0.39, 0.29) is 18.6 Å². The van der Waals surface area contributed by atoms with Crippen LogP contribution in [0.2, 0.25) is 0 Å². The molecule has 0 saturated carbocycles. The molecule has 9 heteroatoms. The van der Waals surface area contributed by atoms with E-state index in [1.165, 1.54) is 4.90 Å². The molecule has 0 unspecified atom stereocenters. The second-order valence-electron chi connectivity index (χ2n) is 8.11. The topological polar surface area (TPSA) is 86.6 Å². The van der Waals surface area contributed by atoms with Crippen LogP contribution in [0.15, 0.2) is 59.8 Å². The fourth-order valence-electron chi connectivity index (χ4n) is 4.40. The molecular weight excluding hydrogens is 452 g/mol. The van der Waals surface area contributed by atoms with Gasteiger partial charge in [0.25, 0.3) is 11.8 Å². The van der Waals surface area contributed by atoms with Crippen LogP contribution < -0.4 is 9.47 Å². The summed E-state index contributed by atoms with van der Waals surface area (Å²) in [6.45, 7) is 0.573. The van der Waals surface area contributed by atoms with Gasteiger partial charge in [0.05, 0.1) is 0 Å². The van der Waals surface area contributed by atoms with Gasteiger partial charge >= 0.3 is 0 Å². The molecular formula is C25H20N4O4S. The molecule has 2 amide bonds. The Bertz CT molecular complexity index is 1410. The standard InChI is InChI=1S/C25H20N4O4S/c1-28-22(16-9-10-19-20(13-16)33-14-32-19)26-27-25(28)34-12-4-11-29-23(30)17-7-2-5-15-6-3-8-18(21(15)17)24(29)31/h2-3,5-10,13H,4,11-12,14H2,1H3. The molecule has 0 N–H and O–H groups in total. The van der Waals surface area contributed by atoms with Crippen molar-refractivity contribution in [2.24, 2.45) is 7.05 Å². The van der Waals surface area contributed by atoms with E-state index in [0.29, 0.717) is 35.6 Å². The highest BCUT2D eigenvalue weighted by atomic mass is 32.2. The first-order valence-corrected chi connectivity index (χ1v) is 11.9. The molecule has 0 fully saturated rings. The molecule has 2 aliphatic heterocycles. The molecule has 0 saturated heterocycles. The second-order valence-corrected chi connectivity index (χ2v) is 9.17. The smallest absolute Gasteiger partial charge is 0.261 e. The van der Waals surface area contributed by atoms with Crippen molar-refractivity contribution in [2.75, 3.05) is 19.1 Å². The lowest BCUT2D eigenvalue weighted by Gasteiger charge is -2.27. The van der Waals surface area contributed by atoms with Crippen LogP contribution >= 0.6 is 11.8 Å². The molecule has 0 bridgehead atoms. The molecule has 2 aliphatic rings. The first kappa shape index (κ1) is 20.7. The van der Waals surface area contributed by atoms with E-state index >= 15 is 0 Å². The molecule has 170 valence electrons. The van der Waals surface area contributed by atoms with Gasteiger partial charge in [-0.05, 0) is 42.1 Å². The number of imide groups is 1. The number of carbonyl (C=O) groups excluding carboxylic acids is 2. The summed E-state index contributed by atoms with van der Waals surface area (Å²) in [5.41, 5.74) is 2.06. The molecule has 4 aromatic rings. The van der Waals surface area contributed by atoms with Gasteiger partial charge in [0.2, 0.25) is 6.79 Å². The highest BCUT2D eigenvalue weighted by Crippen LogP contribution is 2.36. The van der Waals surface area contributed by atoms with Gasteiger partial charge in [-0.3, -0.25) is 14.5 Å². The number of aromatic nitrogens is 3. The molecule has 0 radical (unpaired) electrons. The molecule has 34 heavy (non-hydrogen) atoms. The fourth-order valence-corrected chi connectivity index (χ4v) is 5.23. The van der Waals surface area contributed by atoms with E-state index in [4.69, 9.17) is 9.47 Å². The molecule has 3 aromatic carbocycles. The lowest BCUT2D eigenvalue weighted by molar-refractivity contribution is 0.0611. The maximum atomic E-state index is 13.0. The van der Waals surface area contributed by atoms with Crippen LogP contribution in [-0.4, -0.2) is 50.6 Å². The number of carbonyl (C=O) groups is 2. The van der Waals surface area contributed by atoms with Crippen LogP contribution in [0, 0.1) is 0 Å². The summed E-state index contributed by atoms with van der Waals surface area (Å²) in [5.74, 6) is 2.37. The zero-order valence-corrected chi connectivity index (χ0v) is 19.2. The molecule has 8 nitrogen and oxygen atoms in total. The predicted molar refractivity (Wildman–Crippen MR) is 127 cm³/mol.